The standard InChI is InChI=1S/C12H14F2N2O2/c1-12(18)4-5-16(6-12)11(17)9-7(13)2-3-8(15)10(9)14/h2-3,18H,4-6,15H2,1H3. The number of benzene rings is 1. The topological polar surface area (TPSA) is 66.6 Å². The SMILES string of the molecule is CC1(O)CCN(C(=O)c2c(F)ccc(N)c2F)C1. The maximum absolute atomic E-state index is 13.7. The number of halogens is 2. The van der Waals surface area contributed by atoms with Gasteiger partial charge in [0.1, 0.15) is 11.4 Å². The average molecular weight is 256 g/mol. The van der Waals surface area contributed by atoms with Gasteiger partial charge in [-0.25, -0.2) is 8.78 Å². The van der Waals surface area contributed by atoms with Gasteiger partial charge in [0.05, 0.1) is 11.3 Å². The number of nitrogens with two attached hydrogens (primary N) is 1. The number of hydrogen-bond donors (Lipinski definition) is 2. The first-order valence-electron chi connectivity index (χ1n) is 5.57. The van der Waals surface area contributed by atoms with Crippen LogP contribution < -0.4 is 5.73 Å². The molecule has 0 bridgehead atoms. The van der Waals surface area contributed by atoms with Crippen molar-refractivity contribution in [2.24, 2.45) is 0 Å². The number of anilines is 1. The number of likely N-dealkylation sites (tertiary alicyclic amines) is 1. The Kier molecular flexibility index (Phi) is 2.98. The number of carbonyl (C=O) groups excluding carboxylic acids is 1. The summed E-state index contributed by atoms with van der Waals surface area (Å²) in [4.78, 5) is 13.2. The lowest BCUT2D eigenvalue weighted by atomic mass is 10.1. The smallest absolute Gasteiger partial charge is 0.260 e. The predicted octanol–water partition coefficient (Wildman–Crippen LogP) is 1.14. The van der Waals surface area contributed by atoms with Gasteiger partial charge in [0.2, 0.25) is 0 Å². The van der Waals surface area contributed by atoms with Gasteiger partial charge in [0, 0.05) is 13.1 Å². The van der Waals surface area contributed by atoms with Gasteiger partial charge < -0.3 is 15.7 Å². The number of nitrogen functional groups attached to an aromatic ring is 1. The molecule has 0 spiro atoms. The van der Waals surface area contributed by atoms with Crippen LogP contribution in [0.15, 0.2) is 12.1 Å². The Hall–Kier alpha value is -1.69. The molecule has 18 heavy (non-hydrogen) atoms. The van der Waals surface area contributed by atoms with Gasteiger partial charge in [-0.2, -0.15) is 0 Å². The lowest BCUT2D eigenvalue weighted by Crippen LogP contribution is -2.34. The summed E-state index contributed by atoms with van der Waals surface area (Å²) in [6, 6.07) is 2.03. The number of rotatable bonds is 1. The van der Waals surface area contributed by atoms with Gasteiger partial charge in [-0.15, -0.1) is 0 Å². The third kappa shape index (κ3) is 2.15. The molecule has 0 saturated carbocycles. The third-order valence-corrected chi connectivity index (χ3v) is 3.07. The number of β-amino-alcohol motifs (C(OH)–C–C–N with tert-alkyl or cyclic N) is 1. The number of amides is 1. The van der Waals surface area contributed by atoms with Gasteiger partial charge in [-0.3, -0.25) is 4.79 Å². The molecule has 1 aliphatic rings. The summed E-state index contributed by atoms with van der Waals surface area (Å²) in [5.74, 6) is -2.78. The molecule has 0 radical (unpaired) electrons. The summed E-state index contributed by atoms with van der Waals surface area (Å²) in [7, 11) is 0. The lowest BCUT2D eigenvalue weighted by Gasteiger charge is -2.19. The van der Waals surface area contributed by atoms with Crippen LogP contribution in [0, 0.1) is 11.6 Å². The zero-order valence-corrected chi connectivity index (χ0v) is 9.91. The average Bonchev–Trinajstić information content (AvgIpc) is 2.65. The second-order valence-electron chi connectivity index (χ2n) is 4.80. The fourth-order valence-electron chi connectivity index (χ4n) is 2.04. The Bertz CT molecular complexity index is 503. The van der Waals surface area contributed by atoms with Gasteiger partial charge in [0.15, 0.2) is 5.82 Å². The van der Waals surface area contributed by atoms with Gasteiger partial charge >= 0.3 is 0 Å². The van der Waals surface area contributed by atoms with Gasteiger partial charge in [-0.05, 0) is 25.5 Å². The summed E-state index contributed by atoms with van der Waals surface area (Å²) >= 11 is 0. The summed E-state index contributed by atoms with van der Waals surface area (Å²) in [5.41, 5.74) is 3.37. The minimum absolute atomic E-state index is 0.0551. The van der Waals surface area contributed by atoms with Crippen LogP contribution in [-0.4, -0.2) is 34.6 Å². The highest BCUT2D eigenvalue weighted by atomic mass is 19.1. The normalized spacial score (nSPS) is 23.4. The molecule has 1 atom stereocenters. The molecule has 1 aliphatic heterocycles. The monoisotopic (exact) mass is 256 g/mol. The van der Waals surface area contributed by atoms with Crippen molar-refractivity contribution in [1.29, 1.82) is 0 Å². The molecule has 0 aromatic heterocycles. The largest absolute Gasteiger partial charge is 0.396 e. The maximum atomic E-state index is 13.7. The molecule has 1 unspecified atom stereocenters. The van der Waals surface area contributed by atoms with E-state index in [2.05, 4.69) is 0 Å². The molecule has 1 fully saturated rings. The summed E-state index contributed by atoms with van der Waals surface area (Å²) < 4.78 is 27.2. The molecule has 1 amide bonds. The third-order valence-electron chi connectivity index (χ3n) is 3.07. The van der Waals surface area contributed by atoms with E-state index in [0.717, 1.165) is 12.1 Å². The van der Waals surface area contributed by atoms with Gasteiger partial charge in [0.25, 0.3) is 5.91 Å². The molecule has 3 N–H and O–H groups in total. The maximum Gasteiger partial charge on any atom is 0.260 e. The highest BCUT2D eigenvalue weighted by molar-refractivity contribution is 5.96. The molecule has 0 aliphatic carbocycles. The van der Waals surface area contributed by atoms with Crippen LogP contribution in [0.1, 0.15) is 23.7 Å². The van der Waals surface area contributed by atoms with Crippen LogP contribution in [0.4, 0.5) is 14.5 Å². The molecule has 98 valence electrons. The van der Waals surface area contributed by atoms with E-state index >= 15 is 0 Å². The molecular weight excluding hydrogens is 242 g/mol. The summed E-state index contributed by atoms with van der Waals surface area (Å²) in [6.07, 6.45) is 0.379. The van der Waals surface area contributed by atoms with Crippen LogP contribution in [0.3, 0.4) is 0 Å². The van der Waals surface area contributed by atoms with Crippen molar-refractivity contribution in [3.05, 3.63) is 29.3 Å². The lowest BCUT2D eigenvalue weighted by molar-refractivity contribution is 0.0566. The predicted molar refractivity (Wildman–Crippen MR) is 61.9 cm³/mol. The Balaban J connectivity index is 2.33. The van der Waals surface area contributed by atoms with Crippen molar-refractivity contribution in [2.45, 2.75) is 18.9 Å². The fraction of sp³-hybridized carbons (Fsp3) is 0.417. The van der Waals surface area contributed by atoms with E-state index in [9.17, 15) is 18.7 Å². The second-order valence-corrected chi connectivity index (χ2v) is 4.80. The van der Waals surface area contributed by atoms with Crippen LogP contribution in [0.25, 0.3) is 0 Å². The molecule has 1 aromatic rings. The Morgan fingerprint density at radius 3 is 2.72 bits per heavy atom. The first kappa shape index (κ1) is 12.8. The minimum Gasteiger partial charge on any atom is -0.396 e. The number of carbonyl (C=O) groups is 1. The Morgan fingerprint density at radius 1 is 1.50 bits per heavy atom. The van der Waals surface area contributed by atoms with Crippen LogP contribution >= 0.6 is 0 Å². The highest BCUT2D eigenvalue weighted by Gasteiger charge is 2.36. The van der Waals surface area contributed by atoms with E-state index in [1.165, 1.54) is 4.90 Å². The number of hydrogen-bond acceptors (Lipinski definition) is 3. The number of aliphatic hydroxyl groups is 1. The van der Waals surface area contributed by atoms with Crippen molar-refractivity contribution < 1.29 is 18.7 Å². The molecule has 6 heteroatoms. The van der Waals surface area contributed by atoms with E-state index in [1.54, 1.807) is 6.92 Å². The number of nitrogens with zero attached hydrogens (tertiary/aromatic N) is 1. The van der Waals surface area contributed by atoms with Crippen LogP contribution in [-0.2, 0) is 0 Å². The van der Waals surface area contributed by atoms with Crippen molar-refractivity contribution in [1.82, 2.24) is 4.90 Å². The van der Waals surface area contributed by atoms with Crippen molar-refractivity contribution in [3.8, 4) is 0 Å². The van der Waals surface area contributed by atoms with Crippen LogP contribution in [0.2, 0.25) is 0 Å². The fourth-order valence-corrected chi connectivity index (χ4v) is 2.04. The van der Waals surface area contributed by atoms with Crippen molar-refractivity contribution >= 4 is 11.6 Å². The first-order valence-corrected chi connectivity index (χ1v) is 5.57. The van der Waals surface area contributed by atoms with Crippen molar-refractivity contribution in [2.75, 3.05) is 18.8 Å². The van der Waals surface area contributed by atoms with E-state index in [1.807, 2.05) is 0 Å². The zero-order chi connectivity index (χ0) is 13.5. The van der Waals surface area contributed by atoms with E-state index in [0.29, 0.717) is 6.42 Å². The minimum atomic E-state index is -1.05. The van der Waals surface area contributed by atoms with Crippen LogP contribution in [0.5, 0.6) is 0 Å². The molecule has 1 heterocycles. The quantitative estimate of drug-likeness (QED) is 0.740. The zero-order valence-electron chi connectivity index (χ0n) is 9.91. The van der Waals surface area contributed by atoms with E-state index < -0.39 is 28.7 Å². The molecule has 4 nitrogen and oxygen atoms in total. The first-order chi connectivity index (χ1) is 8.32. The molecule has 1 saturated heterocycles. The molecule has 2 rings (SSSR count). The van der Waals surface area contributed by atoms with Gasteiger partial charge in [-0.1, -0.05) is 0 Å². The summed E-state index contributed by atoms with van der Waals surface area (Å²) in [5, 5.41) is 9.75. The second kappa shape index (κ2) is 4.20. The Morgan fingerprint density at radius 2 is 2.17 bits per heavy atom. The molecule has 1 aromatic carbocycles. The Labute approximate surface area is 103 Å². The highest BCUT2D eigenvalue weighted by Crippen LogP contribution is 2.25. The summed E-state index contributed by atoms with van der Waals surface area (Å²) in [6.45, 7) is 1.89. The van der Waals surface area contributed by atoms with E-state index in [-0.39, 0.29) is 18.8 Å². The van der Waals surface area contributed by atoms with Crippen molar-refractivity contribution in [3.63, 3.8) is 0 Å². The molecular formula is C12H14F2N2O2. The van der Waals surface area contributed by atoms with E-state index in [4.69, 9.17) is 5.73 Å².